The van der Waals surface area contributed by atoms with Crippen LogP contribution in [0.4, 0.5) is 0 Å². The molecule has 5 nitrogen and oxygen atoms in total. The second-order valence-electron chi connectivity index (χ2n) is 6.16. The fraction of sp³-hybridized carbons (Fsp3) is 0.286. The molecule has 0 atom stereocenters. The van der Waals surface area contributed by atoms with Gasteiger partial charge in [0.1, 0.15) is 5.75 Å². The van der Waals surface area contributed by atoms with Crippen LogP contribution in [0.25, 0.3) is 10.9 Å². The molecule has 140 valence electrons. The molecule has 0 saturated carbocycles. The number of ketones is 1. The highest BCUT2D eigenvalue weighted by molar-refractivity contribution is 7.99. The molecule has 1 heterocycles. The zero-order chi connectivity index (χ0) is 19.2. The zero-order valence-electron chi connectivity index (χ0n) is 15.5. The first-order chi connectivity index (χ1) is 13.1. The molecule has 0 bridgehead atoms. The lowest BCUT2D eigenvalue weighted by molar-refractivity contribution is 0.102. The average Bonchev–Trinajstić information content (AvgIpc) is 2.71. The predicted octanol–water partition coefficient (Wildman–Crippen LogP) is 4.18. The van der Waals surface area contributed by atoms with E-state index in [9.17, 15) is 9.59 Å². The Hall–Kier alpha value is -2.60. The molecule has 0 fully saturated rings. The van der Waals surface area contributed by atoms with Crippen molar-refractivity contribution < 1.29 is 9.53 Å². The van der Waals surface area contributed by atoms with Crippen LogP contribution in [0.5, 0.6) is 5.75 Å². The number of Topliss-reactive ketones (excluding diaryl/α,β-unsaturated/α-hetero) is 1. The van der Waals surface area contributed by atoms with E-state index in [0.717, 1.165) is 12.8 Å². The minimum atomic E-state index is -0.0477. The molecule has 0 unspecified atom stereocenters. The number of para-hydroxylation sites is 1. The molecule has 2 aromatic carbocycles. The van der Waals surface area contributed by atoms with Gasteiger partial charge in [0.2, 0.25) is 0 Å². The second-order valence-corrected chi connectivity index (χ2v) is 7.10. The number of nitrogens with zero attached hydrogens (tertiary/aromatic N) is 2. The molecular formula is C21H22N2O3S. The van der Waals surface area contributed by atoms with Gasteiger partial charge in [0.25, 0.3) is 5.56 Å². The Labute approximate surface area is 162 Å². The lowest BCUT2D eigenvalue weighted by atomic mass is 10.1. The highest BCUT2D eigenvalue weighted by Crippen LogP contribution is 2.20. The Kier molecular flexibility index (Phi) is 6.29. The molecule has 0 saturated heterocycles. The second kappa shape index (κ2) is 8.86. The molecule has 27 heavy (non-hydrogen) atoms. The molecule has 0 aliphatic heterocycles. The van der Waals surface area contributed by atoms with Crippen molar-refractivity contribution in [1.82, 2.24) is 9.55 Å². The van der Waals surface area contributed by atoms with E-state index in [1.807, 2.05) is 18.2 Å². The van der Waals surface area contributed by atoms with Crippen molar-refractivity contribution >= 4 is 28.4 Å². The normalized spacial score (nSPS) is 10.9. The van der Waals surface area contributed by atoms with Gasteiger partial charge in [-0.05, 0) is 42.8 Å². The summed E-state index contributed by atoms with van der Waals surface area (Å²) in [5.74, 6) is 0.930. The first-order valence-electron chi connectivity index (χ1n) is 8.93. The number of benzene rings is 2. The van der Waals surface area contributed by atoms with Crippen molar-refractivity contribution in [3.8, 4) is 5.75 Å². The van der Waals surface area contributed by atoms with Crippen molar-refractivity contribution in [2.45, 2.75) is 31.5 Å². The maximum atomic E-state index is 12.9. The average molecular weight is 382 g/mol. The highest BCUT2D eigenvalue weighted by atomic mass is 32.2. The molecule has 0 spiro atoms. The summed E-state index contributed by atoms with van der Waals surface area (Å²) in [5, 5.41) is 1.20. The first-order valence-corrected chi connectivity index (χ1v) is 9.92. The van der Waals surface area contributed by atoms with Crippen molar-refractivity contribution in [2.75, 3.05) is 12.9 Å². The molecule has 3 rings (SSSR count). The lowest BCUT2D eigenvalue weighted by Gasteiger charge is -2.12. The van der Waals surface area contributed by atoms with Crippen LogP contribution < -0.4 is 10.3 Å². The summed E-state index contributed by atoms with van der Waals surface area (Å²) < 4.78 is 6.81. The number of unbranched alkanes of at least 4 members (excludes halogenated alkanes) is 1. The van der Waals surface area contributed by atoms with Gasteiger partial charge in [-0.1, -0.05) is 37.2 Å². The molecule has 1 aromatic heterocycles. The number of fused-ring (bicyclic) bond motifs is 1. The van der Waals surface area contributed by atoms with Crippen molar-refractivity contribution in [3.63, 3.8) is 0 Å². The van der Waals surface area contributed by atoms with E-state index in [1.165, 1.54) is 11.8 Å². The SMILES string of the molecule is CCCCn1c(SCC(=O)c2ccc(OC)cc2)nc2ccccc2c1=O. The molecule has 0 N–H and O–H groups in total. The van der Waals surface area contributed by atoms with E-state index in [-0.39, 0.29) is 17.1 Å². The summed E-state index contributed by atoms with van der Waals surface area (Å²) in [4.78, 5) is 30.0. The van der Waals surface area contributed by atoms with Crippen LogP contribution in [0.1, 0.15) is 30.1 Å². The molecule has 0 amide bonds. The smallest absolute Gasteiger partial charge is 0.262 e. The number of rotatable bonds is 8. The Morgan fingerprint density at radius 2 is 1.89 bits per heavy atom. The number of aromatic nitrogens is 2. The van der Waals surface area contributed by atoms with Gasteiger partial charge >= 0.3 is 0 Å². The summed E-state index contributed by atoms with van der Waals surface area (Å²) >= 11 is 1.31. The summed E-state index contributed by atoms with van der Waals surface area (Å²) in [6, 6.07) is 14.4. The Morgan fingerprint density at radius 3 is 2.59 bits per heavy atom. The van der Waals surface area contributed by atoms with Gasteiger partial charge in [-0.15, -0.1) is 0 Å². The molecule has 0 aliphatic rings. The molecule has 0 aliphatic carbocycles. The van der Waals surface area contributed by atoms with Crippen LogP contribution in [-0.2, 0) is 6.54 Å². The van der Waals surface area contributed by atoms with Crippen LogP contribution >= 0.6 is 11.8 Å². The van der Waals surface area contributed by atoms with Gasteiger partial charge in [0.05, 0.1) is 23.8 Å². The van der Waals surface area contributed by atoms with Gasteiger partial charge in [0, 0.05) is 12.1 Å². The number of methoxy groups -OCH3 is 1. The zero-order valence-corrected chi connectivity index (χ0v) is 16.3. The van der Waals surface area contributed by atoms with Crippen LogP contribution in [0.3, 0.4) is 0 Å². The maximum Gasteiger partial charge on any atom is 0.262 e. The lowest BCUT2D eigenvalue weighted by Crippen LogP contribution is -2.23. The third-order valence-corrected chi connectivity index (χ3v) is 5.28. The number of hydrogen-bond donors (Lipinski definition) is 0. The van der Waals surface area contributed by atoms with Crippen molar-refractivity contribution in [2.24, 2.45) is 0 Å². The van der Waals surface area contributed by atoms with E-state index in [4.69, 9.17) is 4.74 Å². The molecular weight excluding hydrogens is 360 g/mol. The molecule has 0 radical (unpaired) electrons. The fourth-order valence-electron chi connectivity index (χ4n) is 2.76. The number of thioether (sulfide) groups is 1. The minimum Gasteiger partial charge on any atom is -0.497 e. The summed E-state index contributed by atoms with van der Waals surface area (Å²) in [6.07, 6.45) is 1.87. The van der Waals surface area contributed by atoms with Gasteiger partial charge in [0.15, 0.2) is 10.9 Å². The Morgan fingerprint density at radius 1 is 1.15 bits per heavy atom. The quantitative estimate of drug-likeness (QED) is 0.332. The first kappa shape index (κ1) is 19.2. The number of ether oxygens (including phenoxy) is 1. The highest BCUT2D eigenvalue weighted by Gasteiger charge is 2.14. The summed E-state index contributed by atoms with van der Waals surface area (Å²) in [5.41, 5.74) is 1.23. The van der Waals surface area contributed by atoms with Crippen molar-refractivity contribution in [3.05, 3.63) is 64.4 Å². The number of carbonyl (C=O) groups is 1. The van der Waals surface area contributed by atoms with Gasteiger partial charge in [-0.2, -0.15) is 0 Å². The fourth-order valence-corrected chi connectivity index (χ4v) is 3.68. The summed E-state index contributed by atoms with van der Waals surface area (Å²) in [6.45, 7) is 2.69. The van der Waals surface area contributed by atoms with E-state index in [1.54, 1.807) is 42.0 Å². The van der Waals surface area contributed by atoms with E-state index in [2.05, 4.69) is 11.9 Å². The monoisotopic (exact) mass is 382 g/mol. The molecule has 3 aromatic rings. The third kappa shape index (κ3) is 4.39. The third-order valence-electron chi connectivity index (χ3n) is 4.31. The van der Waals surface area contributed by atoms with Crippen LogP contribution in [0.15, 0.2) is 58.5 Å². The molecule has 6 heteroatoms. The maximum absolute atomic E-state index is 12.9. The Bertz CT molecular complexity index is 996. The van der Waals surface area contributed by atoms with E-state index in [0.29, 0.717) is 33.9 Å². The van der Waals surface area contributed by atoms with Gasteiger partial charge in [-0.3, -0.25) is 14.2 Å². The van der Waals surface area contributed by atoms with E-state index >= 15 is 0 Å². The number of hydrogen-bond acceptors (Lipinski definition) is 5. The van der Waals surface area contributed by atoms with Crippen molar-refractivity contribution in [1.29, 1.82) is 0 Å². The van der Waals surface area contributed by atoms with Gasteiger partial charge < -0.3 is 4.74 Å². The minimum absolute atomic E-state index is 0.00731. The number of carbonyl (C=O) groups excluding carboxylic acids is 1. The standard InChI is InChI=1S/C21H22N2O3S/c1-3-4-13-23-20(25)17-7-5-6-8-18(17)22-21(23)27-14-19(24)15-9-11-16(26-2)12-10-15/h5-12H,3-4,13-14H2,1-2H3. The topological polar surface area (TPSA) is 61.2 Å². The van der Waals surface area contributed by atoms with Crippen LogP contribution in [0.2, 0.25) is 0 Å². The largest absolute Gasteiger partial charge is 0.497 e. The van der Waals surface area contributed by atoms with Gasteiger partial charge in [-0.25, -0.2) is 4.98 Å². The van der Waals surface area contributed by atoms with Crippen LogP contribution in [-0.4, -0.2) is 28.2 Å². The van der Waals surface area contributed by atoms with E-state index < -0.39 is 0 Å². The Balaban J connectivity index is 1.86. The predicted molar refractivity (Wildman–Crippen MR) is 109 cm³/mol. The summed E-state index contributed by atoms with van der Waals surface area (Å²) in [7, 11) is 1.59. The van der Waals surface area contributed by atoms with Crippen LogP contribution in [0, 0.1) is 0 Å².